The van der Waals surface area contributed by atoms with E-state index >= 15 is 0 Å². The second-order valence-corrected chi connectivity index (χ2v) is 9.94. The Kier molecular flexibility index (Phi) is 6.91. The summed E-state index contributed by atoms with van der Waals surface area (Å²) >= 11 is 0. The highest BCUT2D eigenvalue weighted by Crippen LogP contribution is 2.44. The SMILES string of the molecule is CC(C)(CNC(=O)C1CCCC(NC(=O)OCC2c3ccccc3-c3ccccc32)C1)C(=O)O. The van der Waals surface area contributed by atoms with Crippen LogP contribution in [0.25, 0.3) is 11.1 Å². The van der Waals surface area contributed by atoms with Gasteiger partial charge in [-0.05, 0) is 55.4 Å². The molecule has 7 nitrogen and oxygen atoms in total. The number of amides is 2. The molecule has 0 saturated heterocycles. The van der Waals surface area contributed by atoms with E-state index < -0.39 is 17.5 Å². The maximum atomic E-state index is 12.6. The van der Waals surface area contributed by atoms with Crippen LogP contribution in [0.15, 0.2) is 48.5 Å². The van der Waals surface area contributed by atoms with Crippen LogP contribution in [0.5, 0.6) is 0 Å². The van der Waals surface area contributed by atoms with E-state index in [0.717, 1.165) is 30.4 Å². The van der Waals surface area contributed by atoms with Gasteiger partial charge in [-0.25, -0.2) is 4.79 Å². The largest absolute Gasteiger partial charge is 0.481 e. The molecule has 2 aliphatic carbocycles. The highest BCUT2D eigenvalue weighted by Gasteiger charge is 2.33. The molecule has 0 spiro atoms. The molecule has 3 N–H and O–H groups in total. The third-order valence-corrected chi connectivity index (χ3v) is 6.99. The van der Waals surface area contributed by atoms with Gasteiger partial charge in [-0.2, -0.15) is 0 Å². The van der Waals surface area contributed by atoms with Gasteiger partial charge >= 0.3 is 12.1 Å². The van der Waals surface area contributed by atoms with E-state index in [1.165, 1.54) is 11.1 Å². The predicted molar refractivity (Wildman–Crippen MR) is 128 cm³/mol. The van der Waals surface area contributed by atoms with Crippen molar-refractivity contribution in [1.82, 2.24) is 10.6 Å². The van der Waals surface area contributed by atoms with Gasteiger partial charge in [0, 0.05) is 24.4 Å². The number of ether oxygens (including phenoxy) is 1. The minimum Gasteiger partial charge on any atom is -0.481 e. The molecule has 0 heterocycles. The zero-order chi connectivity index (χ0) is 24.3. The number of aliphatic carboxylic acids is 1. The van der Waals surface area contributed by atoms with E-state index in [1.54, 1.807) is 13.8 Å². The summed E-state index contributed by atoms with van der Waals surface area (Å²) in [7, 11) is 0. The highest BCUT2D eigenvalue weighted by atomic mass is 16.5. The van der Waals surface area contributed by atoms with Crippen LogP contribution in [0, 0.1) is 11.3 Å². The molecule has 34 heavy (non-hydrogen) atoms. The van der Waals surface area contributed by atoms with Crippen molar-refractivity contribution in [3.63, 3.8) is 0 Å². The predicted octanol–water partition coefficient (Wildman–Crippen LogP) is 4.31. The first-order valence-electron chi connectivity index (χ1n) is 11.9. The van der Waals surface area contributed by atoms with E-state index in [9.17, 15) is 19.5 Å². The van der Waals surface area contributed by atoms with E-state index in [4.69, 9.17) is 4.74 Å². The maximum Gasteiger partial charge on any atom is 0.407 e. The van der Waals surface area contributed by atoms with E-state index in [-0.39, 0.29) is 36.9 Å². The Bertz CT molecular complexity index is 1030. The van der Waals surface area contributed by atoms with Gasteiger partial charge < -0.3 is 20.5 Å². The molecule has 0 radical (unpaired) electrons. The molecule has 2 aliphatic rings. The van der Waals surface area contributed by atoms with E-state index in [1.807, 2.05) is 24.3 Å². The van der Waals surface area contributed by atoms with Crippen LogP contribution >= 0.6 is 0 Å². The number of hydrogen-bond acceptors (Lipinski definition) is 4. The monoisotopic (exact) mass is 464 g/mol. The number of carboxylic acid groups (broad SMARTS) is 1. The summed E-state index contributed by atoms with van der Waals surface area (Å²) in [6.45, 7) is 3.49. The second-order valence-electron chi connectivity index (χ2n) is 9.94. The number of rotatable bonds is 7. The van der Waals surface area contributed by atoms with Gasteiger partial charge in [0.1, 0.15) is 6.61 Å². The molecular formula is C27H32N2O5. The van der Waals surface area contributed by atoms with E-state index in [0.29, 0.717) is 6.42 Å². The van der Waals surface area contributed by atoms with Crippen molar-refractivity contribution in [3.05, 3.63) is 59.7 Å². The molecule has 2 aromatic carbocycles. The minimum absolute atomic E-state index is 0.000576. The van der Waals surface area contributed by atoms with Crippen LogP contribution in [-0.4, -0.2) is 42.3 Å². The molecule has 0 aliphatic heterocycles. The molecule has 2 amide bonds. The van der Waals surface area contributed by atoms with Crippen LogP contribution in [-0.2, 0) is 14.3 Å². The summed E-state index contributed by atoms with van der Waals surface area (Å²) < 4.78 is 5.64. The molecule has 4 rings (SSSR count). The van der Waals surface area contributed by atoms with Gasteiger partial charge in [0.15, 0.2) is 0 Å². The van der Waals surface area contributed by atoms with Crippen LogP contribution in [0.4, 0.5) is 4.79 Å². The van der Waals surface area contributed by atoms with E-state index in [2.05, 4.69) is 34.9 Å². The molecule has 7 heteroatoms. The molecule has 0 aromatic heterocycles. The second kappa shape index (κ2) is 9.87. The lowest BCUT2D eigenvalue weighted by Crippen LogP contribution is -2.45. The van der Waals surface area contributed by atoms with Crippen molar-refractivity contribution in [2.75, 3.05) is 13.2 Å². The lowest BCUT2D eigenvalue weighted by molar-refractivity contribution is -0.147. The minimum atomic E-state index is -1.02. The van der Waals surface area contributed by atoms with Crippen molar-refractivity contribution in [3.8, 4) is 11.1 Å². The van der Waals surface area contributed by atoms with Crippen molar-refractivity contribution in [2.24, 2.45) is 11.3 Å². The first-order valence-corrected chi connectivity index (χ1v) is 11.9. The fraction of sp³-hybridized carbons (Fsp3) is 0.444. The Morgan fingerprint density at radius 2 is 1.62 bits per heavy atom. The zero-order valence-electron chi connectivity index (χ0n) is 19.7. The average molecular weight is 465 g/mol. The molecule has 1 saturated carbocycles. The Hall–Kier alpha value is -3.35. The number of carbonyl (C=O) groups excluding carboxylic acids is 2. The van der Waals surface area contributed by atoms with Crippen molar-refractivity contribution in [1.29, 1.82) is 0 Å². The zero-order valence-corrected chi connectivity index (χ0v) is 19.7. The number of nitrogens with one attached hydrogen (secondary N) is 2. The molecule has 2 atom stereocenters. The quantitative estimate of drug-likeness (QED) is 0.566. The summed E-state index contributed by atoms with van der Waals surface area (Å²) in [5.74, 6) is -1.36. The summed E-state index contributed by atoms with van der Waals surface area (Å²) in [5, 5.41) is 14.9. The average Bonchev–Trinajstić information content (AvgIpc) is 3.15. The van der Waals surface area contributed by atoms with Crippen molar-refractivity contribution in [2.45, 2.75) is 51.5 Å². The Morgan fingerprint density at radius 3 is 2.24 bits per heavy atom. The summed E-state index contributed by atoms with van der Waals surface area (Å²) in [4.78, 5) is 36.4. The van der Waals surface area contributed by atoms with Crippen LogP contribution in [0.1, 0.15) is 56.6 Å². The molecule has 180 valence electrons. The Morgan fingerprint density at radius 1 is 1.00 bits per heavy atom. The molecule has 0 bridgehead atoms. The summed E-state index contributed by atoms with van der Waals surface area (Å²) in [5.41, 5.74) is 3.66. The van der Waals surface area contributed by atoms with Gasteiger partial charge in [0.2, 0.25) is 5.91 Å². The number of alkyl carbamates (subject to hydrolysis) is 1. The van der Waals surface area contributed by atoms with Gasteiger partial charge in [0.25, 0.3) is 0 Å². The number of benzene rings is 2. The topological polar surface area (TPSA) is 105 Å². The van der Waals surface area contributed by atoms with Gasteiger partial charge in [-0.1, -0.05) is 55.0 Å². The molecule has 1 fully saturated rings. The van der Waals surface area contributed by atoms with Crippen LogP contribution < -0.4 is 10.6 Å². The first-order chi connectivity index (χ1) is 16.3. The first kappa shape index (κ1) is 23.8. The standard InChI is InChI=1S/C27H32N2O5/c1-27(2,25(31)32)16-28-24(30)17-8-7-9-18(14-17)29-26(33)34-15-23-21-12-5-3-10-19(21)20-11-4-6-13-22(20)23/h3-6,10-13,17-18,23H,7-9,14-16H2,1-2H3,(H,28,30)(H,29,33)(H,31,32). The molecule has 2 aromatic rings. The number of carbonyl (C=O) groups is 3. The maximum absolute atomic E-state index is 12.6. The lowest BCUT2D eigenvalue weighted by Gasteiger charge is -2.30. The van der Waals surface area contributed by atoms with Crippen LogP contribution in [0.3, 0.4) is 0 Å². The van der Waals surface area contributed by atoms with Gasteiger partial charge in [0.05, 0.1) is 5.41 Å². The number of fused-ring (bicyclic) bond motifs is 3. The highest BCUT2D eigenvalue weighted by molar-refractivity contribution is 5.81. The van der Waals surface area contributed by atoms with Crippen LogP contribution in [0.2, 0.25) is 0 Å². The fourth-order valence-corrected chi connectivity index (χ4v) is 4.89. The van der Waals surface area contributed by atoms with Crippen molar-refractivity contribution >= 4 is 18.0 Å². The summed E-state index contributed by atoms with van der Waals surface area (Å²) in [6.07, 6.45) is 2.37. The lowest BCUT2D eigenvalue weighted by atomic mass is 9.84. The molecular weight excluding hydrogens is 432 g/mol. The smallest absolute Gasteiger partial charge is 0.407 e. The normalized spacial score (nSPS) is 19.6. The Labute approximate surface area is 199 Å². The summed E-state index contributed by atoms with van der Waals surface area (Å²) in [6, 6.07) is 16.2. The number of hydrogen-bond donors (Lipinski definition) is 3. The number of carboxylic acids is 1. The third kappa shape index (κ3) is 5.08. The molecule has 2 unspecified atom stereocenters. The van der Waals surface area contributed by atoms with Crippen molar-refractivity contribution < 1.29 is 24.2 Å². The van der Waals surface area contributed by atoms with Gasteiger partial charge in [-0.3, -0.25) is 9.59 Å². The van der Waals surface area contributed by atoms with Gasteiger partial charge in [-0.15, -0.1) is 0 Å². The Balaban J connectivity index is 1.30. The third-order valence-electron chi connectivity index (χ3n) is 6.99. The fourth-order valence-electron chi connectivity index (χ4n) is 4.89.